The lowest BCUT2D eigenvalue weighted by atomic mass is 10.2. The summed E-state index contributed by atoms with van der Waals surface area (Å²) in [7, 11) is -4.34. The molecule has 0 radical (unpaired) electrons. The smallest absolute Gasteiger partial charge is 0.327 e. The second kappa shape index (κ2) is 5.15. The summed E-state index contributed by atoms with van der Waals surface area (Å²) in [5.74, 6) is -2.22. The van der Waals surface area contributed by atoms with Crippen LogP contribution in [0.15, 0.2) is 24.3 Å². The van der Waals surface area contributed by atoms with Gasteiger partial charge < -0.3 is 10.4 Å². The third kappa shape index (κ3) is 4.41. The van der Waals surface area contributed by atoms with E-state index in [4.69, 9.17) is 9.66 Å². The van der Waals surface area contributed by atoms with E-state index in [1.165, 1.54) is 0 Å². The quantitative estimate of drug-likeness (QED) is 0.674. The van der Waals surface area contributed by atoms with Gasteiger partial charge in [0.1, 0.15) is 11.8 Å². The zero-order chi connectivity index (χ0) is 13.1. The van der Waals surface area contributed by atoms with Crippen molar-refractivity contribution >= 4 is 21.8 Å². The minimum absolute atomic E-state index is 0.517. The summed E-state index contributed by atoms with van der Waals surface area (Å²) in [4.78, 5) is 10.9. The second-order valence-corrected chi connectivity index (χ2v) is 5.10. The summed E-state index contributed by atoms with van der Waals surface area (Å²) < 4.78 is 30.0. The molecule has 0 bridgehead atoms. The van der Waals surface area contributed by atoms with E-state index in [2.05, 4.69) is 5.32 Å². The van der Waals surface area contributed by atoms with E-state index in [9.17, 15) is 13.2 Å². The first-order chi connectivity index (χ1) is 7.79. The van der Waals surface area contributed by atoms with Crippen molar-refractivity contribution in [3.05, 3.63) is 29.8 Å². The Hall–Kier alpha value is -1.60. The number of hydrogen-bond donors (Lipinski definition) is 3. The molecule has 0 saturated heterocycles. The predicted molar refractivity (Wildman–Crippen MR) is 62.6 cm³/mol. The first-order valence-electron chi connectivity index (χ1n) is 4.80. The van der Waals surface area contributed by atoms with Gasteiger partial charge in [0.2, 0.25) is 0 Å². The third-order valence-electron chi connectivity index (χ3n) is 2.15. The lowest BCUT2D eigenvalue weighted by Gasteiger charge is -2.15. The lowest BCUT2D eigenvalue weighted by Crippen LogP contribution is -2.36. The van der Waals surface area contributed by atoms with Crippen LogP contribution in [0.5, 0.6) is 0 Å². The van der Waals surface area contributed by atoms with Crippen LogP contribution in [0.1, 0.15) is 5.56 Å². The van der Waals surface area contributed by atoms with Crippen molar-refractivity contribution in [1.82, 2.24) is 0 Å². The molecule has 0 amide bonds. The van der Waals surface area contributed by atoms with Crippen molar-refractivity contribution in [2.45, 2.75) is 13.0 Å². The molecule has 94 valence electrons. The van der Waals surface area contributed by atoms with Crippen molar-refractivity contribution in [3.63, 3.8) is 0 Å². The fourth-order valence-electron chi connectivity index (χ4n) is 1.31. The molecule has 0 aliphatic carbocycles. The second-order valence-electron chi connectivity index (χ2n) is 3.60. The number of nitrogens with one attached hydrogen (secondary N) is 1. The minimum Gasteiger partial charge on any atom is -0.480 e. The molecule has 0 spiro atoms. The van der Waals surface area contributed by atoms with Gasteiger partial charge >= 0.3 is 5.97 Å². The summed E-state index contributed by atoms with van der Waals surface area (Å²) in [6.45, 7) is 1.76. The van der Waals surface area contributed by atoms with Crippen molar-refractivity contribution in [1.29, 1.82) is 0 Å². The van der Waals surface area contributed by atoms with Crippen LogP contribution in [0.25, 0.3) is 0 Å². The molecule has 1 unspecified atom stereocenters. The number of rotatable bonds is 5. The first-order valence-corrected chi connectivity index (χ1v) is 6.40. The van der Waals surface area contributed by atoms with Crippen molar-refractivity contribution in [2.24, 2.45) is 0 Å². The SMILES string of the molecule is Cc1ccccc1NC(CS(=O)(=O)O)C(=O)O. The van der Waals surface area contributed by atoms with Crippen LogP contribution in [0.2, 0.25) is 0 Å². The number of aryl methyl sites for hydroxylation is 1. The maximum absolute atomic E-state index is 10.9. The monoisotopic (exact) mass is 259 g/mol. The van der Waals surface area contributed by atoms with Crippen LogP contribution in [-0.2, 0) is 14.9 Å². The first kappa shape index (κ1) is 13.5. The van der Waals surface area contributed by atoms with E-state index >= 15 is 0 Å². The van der Waals surface area contributed by atoms with Crippen molar-refractivity contribution < 1.29 is 22.9 Å². The summed E-state index contributed by atoms with van der Waals surface area (Å²) in [6.07, 6.45) is 0. The number of anilines is 1. The fraction of sp³-hybridized carbons (Fsp3) is 0.300. The van der Waals surface area contributed by atoms with Gasteiger partial charge in [0.05, 0.1) is 0 Å². The number of aliphatic carboxylic acids is 1. The molecule has 1 aromatic rings. The van der Waals surface area contributed by atoms with E-state index in [1.807, 2.05) is 0 Å². The summed E-state index contributed by atoms with van der Waals surface area (Å²) in [5, 5.41) is 11.4. The van der Waals surface area contributed by atoms with Crippen LogP contribution in [-0.4, -0.2) is 35.8 Å². The molecule has 0 fully saturated rings. The number of benzene rings is 1. The van der Waals surface area contributed by atoms with Crippen molar-refractivity contribution in [2.75, 3.05) is 11.1 Å². The van der Waals surface area contributed by atoms with Gasteiger partial charge in [-0.2, -0.15) is 8.42 Å². The highest BCUT2D eigenvalue weighted by Crippen LogP contribution is 2.14. The molecule has 3 N–H and O–H groups in total. The summed E-state index contributed by atoms with van der Waals surface area (Å²) >= 11 is 0. The number of carboxylic acids is 1. The summed E-state index contributed by atoms with van der Waals surface area (Å²) in [6, 6.07) is 5.48. The number of para-hydroxylation sites is 1. The standard InChI is InChI=1S/C10H13NO5S/c1-7-4-2-3-5-8(7)11-9(10(12)13)6-17(14,15)16/h2-5,9,11H,6H2,1H3,(H,12,13)(H,14,15,16). The molecule has 6 nitrogen and oxygen atoms in total. The molecule has 1 rings (SSSR count). The van der Waals surface area contributed by atoms with Gasteiger partial charge in [0.25, 0.3) is 10.1 Å². The average Bonchev–Trinajstić information content (AvgIpc) is 2.18. The Kier molecular flexibility index (Phi) is 4.08. The Balaban J connectivity index is 2.89. The normalized spacial score (nSPS) is 13.1. The van der Waals surface area contributed by atoms with Crippen LogP contribution >= 0.6 is 0 Å². The topological polar surface area (TPSA) is 104 Å². The number of carboxylic acid groups (broad SMARTS) is 1. The van der Waals surface area contributed by atoms with E-state index in [0.717, 1.165) is 5.56 Å². The van der Waals surface area contributed by atoms with Gasteiger partial charge in [0, 0.05) is 5.69 Å². The highest BCUT2D eigenvalue weighted by atomic mass is 32.2. The Bertz CT molecular complexity index is 511. The molecule has 0 saturated carbocycles. The predicted octanol–water partition coefficient (Wildman–Crippen LogP) is 0.748. The van der Waals surface area contributed by atoms with E-state index < -0.39 is 27.9 Å². The largest absolute Gasteiger partial charge is 0.480 e. The zero-order valence-corrected chi connectivity index (χ0v) is 9.94. The Morgan fingerprint density at radius 3 is 2.47 bits per heavy atom. The highest BCUT2D eigenvalue weighted by molar-refractivity contribution is 7.85. The van der Waals surface area contributed by atoms with E-state index in [-0.39, 0.29) is 0 Å². The fourth-order valence-corrected chi connectivity index (χ4v) is 1.96. The van der Waals surface area contributed by atoms with Gasteiger partial charge in [-0.25, -0.2) is 4.79 Å². The molecule has 0 heterocycles. The lowest BCUT2D eigenvalue weighted by molar-refractivity contribution is -0.137. The molecule has 17 heavy (non-hydrogen) atoms. The molecule has 7 heteroatoms. The maximum atomic E-state index is 10.9. The van der Waals surface area contributed by atoms with E-state index in [0.29, 0.717) is 5.69 Å². The van der Waals surface area contributed by atoms with Crippen molar-refractivity contribution in [3.8, 4) is 0 Å². The molecular weight excluding hydrogens is 246 g/mol. The van der Waals surface area contributed by atoms with Gasteiger partial charge in [-0.15, -0.1) is 0 Å². The van der Waals surface area contributed by atoms with Crippen LogP contribution in [0, 0.1) is 6.92 Å². The Morgan fingerprint density at radius 1 is 1.41 bits per heavy atom. The van der Waals surface area contributed by atoms with Gasteiger partial charge in [-0.3, -0.25) is 4.55 Å². The third-order valence-corrected chi connectivity index (χ3v) is 2.90. The molecule has 0 aliphatic heterocycles. The van der Waals surface area contributed by atoms with Gasteiger partial charge in [0.15, 0.2) is 0 Å². The van der Waals surface area contributed by atoms with E-state index in [1.54, 1.807) is 31.2 Å². The van der Waals surface area contributed by atoms with Crippen LogP contribution in [0.4, 0.5) is 5.69 Å². The summed E-state index contributed by atoms with van der Waals surface area (Å²) in [5.41, 5.74) is 1.30. The average molecular weight is 259 g/mol. The number of hydrogen-bond acceptors (Lipinski definition) is 4. The van der Waals surface area contributed by atoms with Crippen LogP contribution in [0.3, 0.4) is 0 Å². The molecule has 1 atom stereocenters. The molecular formula is C10H13NO5S. The molecule has 0 aliphatic rings. The molecule has 0 aromatic heterocycles. The van der Waals surface area contributed by atoms with Gasteiger partial charge in [-0.05, 0) is 18.6 Å². The van der Waals surface area contributed by atoms with Crippen LogP contribution < -0.4 is 5.32 Å². The Labute approximate surface area is 99.0 Å². The Morgan fingerprint density at radius 2 is 2.00 bits per heavy atom. The minimum atomic E-state index is -4.34. The number of carbonyl (C=O) groups is 1. The highest BCUT2D eigenvalue weighted by Gasteiger charge is 2.23. The zero-order valence-electron chi connectivity index (χ0n) is 9.12. The molecule has 1 aromatic carbocycles. The van der Waals surface area contributed by atoms with Gasteiger partial charge in [-0.1, -0.05) is 18.2 Å². The maximum Gasteiger partial charge on any atom is 0.327 e.